The minimum absolute atomic E-state index is 0.0264. The van der Waals surface area contributed by atoms with Crippen molar-refractivity contribution in [3.8, 4) is 17.6 Å². The first-order chi connectivity index (χ1) is 16.8. The first-order valence-corrected chi connectivity index (χ1v) is 11.3. The molecule has 3 aromatic rings. The molecule has 0 aliphatic carbocycles. The molecule has 35 heavy (non-hydrogen) atoms. The van der Waals surface area contributed by atoms with Crippen LogP contribution >= 0.6 is 15.9 Å². The number of methoxy groups -OCH3 is 1. The molecule has 0 fully saturated rings. The van der Waals surface area contributed by atoms with Gasteiger partial charge in [-0.15, -0.1) is 0 Å². The SMILES string of the molecule is COc1cc(/C=C(/C#N)C(=O)N[C@H](C)c2ccccc2)cc(Br)c1OCc1cccc([N+](=O)[O-])c1. The van der Waals surface area contributed by atoms with Crippen LogP contribution in [0.4, 0.5) is 5.69 Å². The van der Waals surface area contributed by atoms with Crippen molar-refractivity contribution in [3.05, 3.63) is 104 Å². The third kappa shape index (κ3) is 6.68. The summed E-state index contributed by atoms with van der Waals surface area (Å²) >= 11 is 3.44. The van der Waals surface area contributed by atoms with E-state index >= 15 is 0 Å². The smallest absolute Gasteiger partial charge is 0.269 e. The Labute approximate surface area is 211 Å². The van der Waals surface area contributed by atoms with E-state index in [0.29, 0.717) is 27.1 Å². The molecule has 0 bridgehead atoms. The highest BCUT2D eigenvalue weighted by Crippen LogP contribution is 2.38. The number of carbonyl (C=O) groups excluding carboxylic acids is 1. The molecule has 9 heteroatoms. The van der Waals surface area contributed by atoms with Crippen LogP contribution in [0.25, 0.3) is 6.08 Å². The second-order valence-electron chi connectivity index (χ2n) is 7.53. The van der Waals surface area contributed by atoms with E-state index in [2.05, 4.69) is 21.2 Å². The molecule has 0 spiro atoms. The van der Waals surface area contributed by atoms with Crippen molar-refractivity contribution in [2.24, 2.45) is 0 Å². The Morgan fingerprint density at radius 1 is 1.20 bits per heavy atom. The number of benzene rings is 3. The number of nitrogens with zero attached hydrogens (tertiary/aromatic N) is 2. The van der Waals surface area contributed by atoms with Crippen LogP contribution in [0, 0.1) is 21.4 Å². The Hall–Kier alpha value is -4.16. The topological polar surface area (TPSA) is 114 Å². The van der Waals surface area contributed by atoms with Gasteiger partial charge in [0.2, 0.25) is 0 Å². The molecule has 0 unspecified atom stereocenters. The highest BCUT2D eigenvalue weighted by molar-refractivity contribution is 9.10. The van der Waals surface area contributed by atoms with Gasteiger partial charge in [-0.05, 0) is 57.8 Å². The van der Waals surface area contributed by atoms with Crippen molar-refractivity contribution in [1.29, 1.82) is 5.26 Å². The summed E-state index contributed by atoms with van der Waals surface area (Å²) in [6, 6.07) is 20.6. The van der Waals surface area contributed by atoms with Gasteiger partial charge in [0.15, 0.2) is 11.5 Å². The highest BCUT2D eigenvalue weighted by Gasteiger charge is 2.16. The molecule has 8 nitrogen and oxygen atoms in total. The van der Waals surface area contributed by atoms with Gasteiger partial charge in [0.1, 0.15) is 18.2 Å². The maximum Gasteiger partial charge on any atom is 0.269 e. The molecule has 3 aromatic carbocycles. The van der Waals surface area contributed by atoms with Crippen LogP contribution in [0.1, 0.15) is 29.7 Å². The number of rotatable bonds is 9. The van der Waals surface area contributed by atoms with Crippen molar-refractivity contribution >= 4 is 33.6 Å². The minimum Gasteiger partial charge on any atom is -0.493 e. The molecular weight excluding hydrogens is 514 g/mol. The first-order valence-electron chi connectivity index (χ1n) is 10.5. The lowest BCUT2D eigenvalue weighted by atomic mass is 10.1. The average molecular weight is 536 g/mol. The molecule has 0 saturated heterocycles. The van der Waals surface area contributed by atoms with Crippen molar-refractivity contribution in [2.75, 3.05) is 7.11 Å². The summed E-state index contributed by atoms with van der Waals surface area (Å²) < 4.78 is 11.8. The summed E-state index contributed by atoms with van der Waals surface area (Å²) in [4.78, 5) is 23.2. The minimum atomic E-state index is -0.495. The van der Waals surface area contributed by atoms with Gasteiger partial charge in [-0.3, -0.25) is 14.9 Å². The number of halogens is 1. The standard InChI is InChI=1S/C26H22BrN3O5/c1-17(20-8-4-3-5-9-20)29-26(31)21(15-28)11-19-13-23(27)25(24(14-19)34-2)35-16-18-7-6-10-22(12-18)30(32)33/h3-14,17H,16H2,1-2H3,(H,29,31)/b21-11-/t17-/m1/s1. The number of nitriles is 1. The van der Waals surface area contributed by atoms with Crippen LogP contribution < -0.4 is 14.8 Å². The van der Waals surface area contributed by atoms with Crippen molar-refractivity contribution < 1.29 is 19.2 Å². The fourth-order valence-corrected chi connectivity index (χ4v) is 3.87. The molecule has 0 aliphatic heterocycles. The van der Waals surface area contributed by atoms with Gasteiger partial charge in [0.25, 0.3) is 11.6 Å². The molecule has 1 atom stereocenters. The van der Waals surface area contributed by atoms with Crippen molar-refractivity contribution in [3.63, 3.8) is 0 Å². The monoisotopic (exact) mass is 535 g/mol. The van der Waals surface area contributed by atoms with Crippen LogP contribution in [-0.4, -0.2) is 17.9 Å². The number of hydrogen-bond donors (Lipinski definition) is 1. The van der Waals surface area contributed by atoms with Crippen molar-refractivity contribution in [2.45, 2.75) is 19.6 Å². The van der Waals surface area contributed by atoms with Gasteiger partial charge in [0, 0.05) is 12.1 Å². The number of non-ortho nitro benzene ring substituents is 1. The maximum atomic E-state index is 12.7. The molecule has 0 radical (unpaired) electrons. The van der Waals surface area contributed by atoms with E-state index in [1.54, 1.807) is 24.3 Å². The van der Waals surface area contributed by atoms with Crippen molar-refractivity contribution in [1.82, 2.24) is 5.32 Å². The molecule has 3 rings (SSSR count). The normalized spacial score (nSPS) is 11.8. The maximum absolute atomic E-state index is 12.7. The number of ether oxygens (including phenoxy) is 2. The summed E-state index contributed by atoms with van der Waals surface area (Å²) in [5, 5.41) is 23.4. The lowest BCUT2D eigenvalue weighted by Gasteiger charge is -2.15. The largest absolute Gasteiger partial charge is 0.493 e. The number of hydrogen-bond acceptors (Lipinski definition) is 6. The molecule has 178 valence electrons. The number of nitrogens with one attached hydrogen (secondary N) is 1. The van der Waals surface area contributed by atoms with Gasteiger partial charge in [-0.2, -0.15) is 5.26 Å². The summed E-state index contributed by atoms with van der Waals surface area (Å²) in [6.45, 7) is 1.92. The van der Waals surface area contributed by atoms with Gasteiger partial charge in [-0.25, -0.2) is 0 Å². The van der Waals surface area contributed by atoms with Crippen LogP contribution in [0.3, 0.4) is 0 Å². The van der Waals surface area contributed by atoms with E-state index < -0.39 is 10.8 Å². The fraction of sp³-hybridized carbons (Fsp3) is 0.154. The second-order valence-corrected chi connectivity index (χ2v) is 8.38. The Kier molecular flexibility index (Phi) is 8.59. The van der Waals surface area contributed by atoms with E-state index in [0.717, 1.165) is 5.56 Å². The third-order valence-corrected chi connectivity index (χ3v) is 5.67. The number of carbonyl (C=O) groups is 1. The summed E-state index contributed by atoms with van der Waals surface area (Å²) in [5.41, 5.74) is 2.00. The Morgan fingerprint density at radius 2 is 1.94 bits per heavy atom. The van der Waals surface area contributed by atoms with E-state index in [1.807, 2.05) is 43.3 Å². The summed E-state index contributed by atoms with van der Waals surface area (Å²) in [5.74, 6) is 0.258. The molecule has 0 heterocycles. The van der Waals surface area contributed by atoms with E-state index in [1.165, 1.54) is 25.3 Å². The van der Waals surface area contributed by atoms with Crippen LogP contribution in [-0.2, 0) is 11.4 Å². The molecule has 0 aliphatic rings. The van der Waals surface area contributed by atoms with Gasteiger partial charge >= 0.3 is 0 Å². The number of nitro benzene ring substituents is 1. The summed E-state index contributed by atoms with van der Waals surface area (Å²) in [7, 11) is 1.47. The zero-order valence-corrected chi connectivity index (χ0v) is 20.6. The molecule has 0 saturated carbocycles. The highest BCUT2D eigenvalue weighted by atomic mass is 79.9. The Balaban J connectivity index is 1.79. The molecule has 1 N–H and O–H groups in total. The predicted molar refractivity (Wildman–Crippen MR) is 135 cm³/mol. The molecule has 1 amide bonds. The van der Waals surface area contributed by atoms with E-state index in [9.17, 15) is 20.2 Å². The third-order valence-electron chi connectivity index (χ3n) is 5.08. The fourth-order valence-electron chi connectivity index (χ4n) is 3.29. The first kappa shape index (κ1) is 25.5. The Morgan fingerprint density at radius 3 is 2.60 bits per heavy atom. The van der Waals surface area contributed by atoms with Gasteiger partial charge in [0.05, 0.1) is 22.5 Å². The molecule has 0 aromatic heterocycles. The predicted octanol–water partition coefficient (Wildman–Crippen LogP) is 5.73. The van der Waals surface area contributed by atoms with E-state index in [-0.39, 0.29) is 23.9 Å². The number of nitro groups is 1. The Bertz CT molecular complexity index is 1300. The summed E-state index contributed by atoms with van der Waals surface area (Å²) in [6.07, 6.45) is 1.46. The number of amides is 1. The van der Waals surface area contributed by atoms with E-state index in [4.69, 9.17) is 9.47 Å². The van der Waals surface area contributed by atoms with Gasteiger partial charge in [-0.1, -0.05) is 42.5 Å². The average Bonchev–Trinajstić information content (AvgIpc) is 2.86. The lowest BCUT2D eigenvalue weighted by Crippen LogP contribution is -2.27. The lowest BCUT2D eigenvalue weighted by molar-refractivity contribution is -0.384. The van der Waals surface area contributed by atoms with Gasteiger partial charge < -0.3 is 14.8 Å². The quantitative estimate of drug-likeness (QED) is 0.162. The zero-order chi connectivity index (χ0) is 25.4. The van der Waals surface area contributed by atoms with Crippen LogP contribution in [0.2, 0.25) is 0 Å². The second kappa shape index (κ2) is 11.8. The van der Waals surface area contributed by atoms with Crippen LogP contribution in [0.15, 0.2) is 76.8 Å². The van der Waals surface area contributed by atoms with Crippen LogP contribution in [0.5, 0.6) is 11.5 Å². The molecular formula is C26H22BrN3O5. The zero-order valence-electron chi connectivity index (χ0n) is 19.0.